The summed E-state index contributed by atoms with van der Waals surface area (Å²) in [5, 5.41) is 12.1. The lowest BCUT2D eigenvalue weighted by Crippen LogP contribution is -2.54. The summed E-state index contributed by atoms with van der Waals surface area (Å²) in [6.45, 7) is 4.00. The molecule has 1 saturated heterocycles. The van der Waals surface area contributed by atoms with Gasteiger partial charge in [-0.1, -0.05) is 68.8 Å². The van der Waals surface area contributed by atoms with Crippen molar-refractivity contribution in [3.05, 3.63) is 59.7 Å². The molecule has 8 heteroatoms. The maximum Gasteiger partial charge on any atom is 0.407 e. The Bertz CT molecular complexity index is 1030. The number of nitrogens with one attached hydrogen (secondary N) is 1. The van der Waals surface area contributed by atoms with E-state index in [4.69, 9.17) is 4.74 Å². The van der Waals surface area contributed by atoms with Crippen LogP contribution in [0, 0.1) is 0 Å². The van der Waals surface area contributed by atoms with E-state index < -0.39 is 24.1 Å². The van der Waals surface area contributed by atoms with Crippen LogP contribution in [-0.2, 0) is 14.3 Å². The third kappa shape index (κ3) is 4.64. The standard InChI is InChI=1S/C26H30N2O5S/c1-3-9-21(24(29)28-22(25(30)31)15-34-23(28)4-2)27-26(32)33-14-20-18-12-7-5-10-16(18)17-11-6-8-13-19(17)20/h5-8,10-13,20-23H,3-4,9,14-15H2,1-2H3,(H,27,32)(H,30,31). The van der Waals surface area contributed by atoms with Crippen LogP contribution in [-0.4, -0.2) is 57.8 Å². The lowest BCUT2D eigenvalue weighted by molar-refractivity contribution is -0.150. The zero-order chi connectivity index (χ0) is 24.2. The number of carbonyl (C=O) groups excluding carboxylic acids is 2. The van der Waals surface area contributed by atoms with Crippen molar-refractivity contribution in [2.75, 3.05) is 12.4 Å². The number of benzene rings is 2. The first-order valence-electron chi connectivity index (χ1n) is 11.7. The number of carbonyl (C=O) groups is 3. The molecule has 2 aromatic rings. The molecule has 0 radical (unpaired) electrons. The Labute approximate surface area is 203 Å². The predicted molar refractivity (Wildman–Crippen MR) is 132 cm³/mol. The van der Waals surface area contributed by atoms with E-state index in [1.807, 2.05) is 50.2 Å². The molecule has 3 unspecified atom stereocenters. The number of hydrogen-bond acceptors (Lipinski definition) is 5. The first-order valence-corrected chi connectivity index (χ1v) is 12.8. The van der Waals surface area contributed by atoms with Crippen LogP contribution in [0.5, 0.6) is 0 Å². The summed E-state index contributed by atoms with van der Waals surface area (Å²) in [6.07, 6.45) is 1.05. The van der Waals surface area contributed by atoms with Crippen LogP contribution < -0.4 is 5.32 Å². The molecule has 2 N–H and O–H groups in total. The molecular formula is C26H30N2O5S. The van der Waals surface area contributed by atoms with Gasteiger partial charge in [0.1, 0.15) is 18.7 Å². The Morgan fingerprint density at radius 3 is 2.26 bits per heavy atom. The molecule has 2 aliphatic rings. The summed E-state index contributed by atoms with van der Waals surface area (Å²) in [7, 11) is 0. The first-order chi connectivity index (χ1) is 16.5. The minimum atomic E-state index is -1.02. The van der Waals surface area contributed by atoms with E-state index in [0.29, 0.717) is 25.0 Å². The van der Waals surface area contributed by atoms with E-state index in [-0.39, 0.29) is 23.8 Å². The number of carboxylic acids is 1. The smallest absolute Gasteiger partial charge is 0.407 e. The summed E-state index contributed by atoms with van der Waals surface area (Å²) in [6, 6.07) is 14.5. The quantitative estimate of drug-likeness (QED) is 0.577. The summed E-state index contributed by atoms with van der Waals surface area (Å²) in [5.74, 6) is -1.11. The van der Waals surface area contributed by atoms with Crippen LogP contribution in [0.15, 0.2) is 48.5 Å². The van der Waals surface area contributed by atoms with E-state index in [1.165, 1.54) is 16.7 Å². The number of ether oxygens (including phenoxy) is 1. The fourth-order valence-corrected chi connectivity index (χ4v) is 6.23. The Hall–Kier alpha value is -3.00. The van der Waals surface area contributed by atoms with Gasteiger partial charge in [0.05, 0.1) is 5.37 Å². The molecule has 0 spiro atoms. The second-order valence-corrected chi connectivity index (χ2v) is 9.82. The highest BCUT2D eigenvalue weighted by Gasteiger charge is 2.43. The molecule has 1 aliphatic carbocycles. The minimum Gasteiger partial charge on any atom is -0.480 e. The molecule has 0 bridgehead atoms. The minimum absolute atomic E-state index is 0.0747. The fraction of sp³-hybridized carbons (Fsp3) is 0.423. The second kappa shape index (κ2) is 10.5. The molecule has 1 heterocycles. The van der Waals surface area contributed by atoms with E-state index in [0.717, 1.165) is 22.3 Å². The fourth-order valence-electron chi connectivity index (χ4n) is 4.87. The lowest BCUT2D eigenvalue weighted by Gasteiger charge is -2.30. The van der Waals surface area contributed by atoms with Crippen LogP contribution in [0.1, 0.15) is 50.2 Å². The zero-order valence-electron chi connectivity index (χ0n) is 19.4. The number of nitrogens with zero attached hydrogens (tertiary/aromatic N) is 1. The summed E-state index contributed by atoms with van der Waals surface area (Å²) >= 11 is 1.46. The molecular weight excluding hydrogens is 452 g/mol. The normalized spacial score (nSPS) is 19.9. The van der Waals surface area contributed by atoms with Crippen molar-refractivity contribution in [2.45, 2.75) is 56.5 Å². The summed E-state index contributed by atoms with van der Waals surface area (Å²) in [5.41, 5.74) is 4.51. The number of thioether (sulfide) groups is 1. The number of amides is 2. The second-order valence-electron chi connectivity index (χ2n) is 8.61. The molecule has 1 aliphatic heterocycles. The lowest BCUT2D eigenvalue weighted by atomic mass is 9.98. The maximum atomic E-state index is 13.3. The molecule has 2 amide bonds. The highest BCUT2D eigenvalue weighted by Crippen LogP contribution is 2.44. The van der Waals surface area contributed by atoms with Gasteiger partial charge in [0.15, 0.2) is 0 Å². The van der Waals surface area contributed by atoms with Crippen LogP contribution in [0.25, 0.3) is 11.1 Å². The van der Waals surface area contributed by atoms with Crippen molar-refractivity contribution in [1.82, 2.24) is 10.2 Å². The van der Waals surface area contributed by atoms with Gasteiger partial charge in [-0.2, -0.15) is 0 Å². The third-order valence-electron chi connectivity index (χ3n) is 6.49. The Morgan fingerprint density at radius 2 is 1.71 bits per heavy atom. The average molecular weight is 483 g/mol. The van der Waals surface area contributed by atoms with Gasteiger partial charge in [-0.3, -0.25) is 4.79 Å². The Balaban J connectivity index is 1.45. The van der Waals surface area contributed by atoms with Gasteiger partial charge in [0, 0.05) is 11.7 Å². The Kier molecular flexibility index (Phi) is 7.46. The third-order valence-corrected chi connectivity index (χ3v) is 7.95. The van der Waals surface area contributed by atoms with Crippen LogP contribution in [0.2, 0.25) is 0 Å². The van der Waals surface area contributed by atoms with E-state index in [2.05, 4.69) is 17.4 Å². The van der Waals surface area contributed by atoms with Crippen molar-refractivity contribution in [3.8, 4) is 11.1 Å². The van der Waals surface area contributed by atoms with Crippen LogP contribution in [0.4, 0.5) is 4.79 Å². The molecule has 1 fully saturated rings. The van der Waals surface area contributed by atoms with Crippen molar-refractivity contribution in [2.24, 2.45) is 0 Å². The molecule has 3 atom stereocenters. The zero-order valence-corrected chi connectivity index (χ0v) is 20.2. The monoisotopic (exact) mass is 482 g/mol. The summed E-state index contributed by atoms with van der Waals surface area (Å²) in [4.78, 5) is 39.2. The molecule has 7 nitrogen and oxygen atoms in total. The van der Waals surface area contributed by atoms with Gasteiger partial charge in [0.25, 0.3) is 0 Å². The van der Waals surface area contributed by atoms with Gasteiger partial charge >= 0.3 is 12.1 Å². The SMILES string of the molecule is CCCC(NC(=O)OCC1c2ccccc2-c2ccccc21)C(=O)N1C(CC)SCC1C(=O)O. The summed E-state index contributed by atoms with van der Waals surface area (Å²) < 4.78 is 5.61. The Morgan fingerprint density at radius 1 is 1.09 bits per heavy atom. The predicted octanol–water partition coefficient (Wildman–Crippen LogP) is 4.46. The number of alkyl carbamates (subject to hydrolysis) is 1. The van der Waals surface area contributed by atoms with Gasteiger partial charge in [0.2, 0.25) is 5.91 Å². The first kappa shape index (κ1) is 24.1. The average Bonchev–Trinajstić information content (AvgIpc) is 3.41. The molecule has 34 heavy (non-hydrogen) atoms. The number of fused-ring (bicyclic) bond motifs is 3. The molecule has 0 aromatic heterocycles. The van der Waals surface area contributed by atoms with E-state index >= 15 is 0 Å². The number of hydrogen-bond donors (Lipinski definition) is 2. The highest BCUT2D eigenvalue weighted by atomic mass is 32.2. The molecule has 2 aromatic carbocycles. The van der Waals surface area contributed by atoms with Crippen molar-refractivity contribution >= 4 is 29.7 Å². The molecule has 180 valence electrons. The van der Waals surface area contributed by atoms with Gasteiger partial charge in [-0.15, -0.1) is 11.8 Å². The topological polar surface area (TPSA) is 95.9 Å². The van der Waals surface area contributed by atoms with Gasteiger partial charge < -0.3 is 20.1 Å². The number of rotatable bonds is 8. The van der Waals surface area contributed by atoms with Crippen molar-refractivity contribution < 1.29 is 24.2 Å². The largest absolute Gasteiger partial charge is 0.480 e. The maximum absolute atomic E-state index is 13.3. The number of aliphatic carboxylic acids is 1. The van der Waals surface area contributed by atoms with E-state index in [9.17, 15) is 19.5 Å². The van der Waals surface area contributed by atoms with Crippen LogP contribution >= 0.6 is 11.8 Å². The van der Waals surface area contributed by atoms with Crippen molar-refractivity contribution in [3.63, 3.8) is 0 Å². The van der Waals surface area contributed by atoms with Gasteiger partial charge in [-0.05, 0) is 35.1 Å². The molecule has 4 rings (SSSR count). The number of carboxylic acid groups (broad SMARTS) is 1. The van der Waals surface area contributed by atoms with Crippen molar-refractivity contribution in [1.29, 1.82) is 0 Å². The highest BCUT2D eigenvalue weighted by molar-refractivity contribution is 8.00. The van der Waals surface area contributed by atoms with Crippen LogP contribution in [0.3, 0.4) is 0 Å². The van der Waals surface area contributed by atoms with E-state index in [1.54, 1.807) is 0 Å². The van der Waals surface area contributed by atoms with Gasteiger partial charge in [-0.25, -0.2) is 9.59 Å². The molecule has 0 saturated carbocycles.